The molecule has 1 aromatic heterocycles. The molecule has 104 valence electrons. The lowest BCUT2D eigenvalue weighted by molar-refractivity contribution is -0.00700. The molecule has 4 aliphatic rings. The van der Waals surface area contributed by atoms with Gasteiger partial charge in [0.2, 0.25) is 0 Å². The van der Waals surface area contributed by atoms with Gasteiger partial charge >= 0.3 is 0 Å². The average molecular weight is 276 g/mol. The van der Waals surface area contributed by atoms with Crippen molar-refractivity contribution in [2.24, 2.45) is 17.8 Å². The fourth-order valence-electron chi connectivity index (χ4n) is 5.28. The lowest BCUT2D eigenvalue weighted by atomic mass is 9.49. The molecule has 0 amide bonds. The van der Waals surface area contributed by atoms with Crippen LogP contribution in [0.15, 0.2) is 5.38 Å². The monoisotopic (exact) mass is 276 g/mol. The summed E-state index contributed by atoms with van der Waals surface area (Å²) in [5, 5.41) is 6.96. The van der Waals surface area contributed by atoms with E-state index in [1.807, 2.05) is 18.4 Å². The van der Waals surface area contributed by atoms with E-state index in [2.05, 4.69) is 17.6 Å². The van der Waals surface area contributed by atoms with Crippen molar-refractivity contribution < 1.29 is 0 Å². The zero-order valence-electron chi connectivity index (χ0n) is 12.0. The molecule has 3 heteroatoms. The number of hydrogen-bond donors (Lipinski definition) is 1. The molecule has 4 saturated carbocycles. The predicted octanol–water partition coefficient (Wildman–Crippen LogP) is 3.89. The molecule has 0 spiro atoms. The molecule has 4 aliphatic carbocycles. The maximum absolute atomic E-state index is 5.03. The third-order valence-corrected chi connectivity index (χ3v) is 6.93. The van der Waals surface area contributed by atoms with Gasteiger partial charge < -0.3 is 5.32 Å². The molecule has 1 atom stereocenters. The van der Waals surface area contributed by atoms with Crippen LogP contribution in [-0.4, -0.2) is 12.0 Å². The molecule has 19 heavy (non-hydrogen) atoms. The van der Waals surface area contributed by atoms with E-state index in [0.29, 0.717) is 11.5 Å². The van der Waals surface area contributed by atoms with Crippen molar-refractivity contribution in [2.75, 3.05) is 7.05 Å². The van der Waals surface area contributed by atoms with Gasteiger partial charge in [-0.05, 0) is 70.3 Å². The maximum Gasteiger partial charge on any atom is 0.110 e. The smallest absolute Gasteiger partial charge is 0.110 e. The molecule has 4 bridgehead atoms. The average Bonchev–Trinajstić information content (AvgIpc) is 2.86. The highest BCUT2D eigenvalue weighted by molar-refractivity contribution is 7.09. The fourth-order valence-corrected chi connectivity index (χ4v) is 6.29. The van der Waals surface area contributed by atoms with E-state index in [-0.39, 0.29) is 0 Å². The number of aromatic nitrogens is 1. The molecule has 1 aromatic rings. The first-order chi connectivity index (χ1) is 9.18. The second-order valence-corrected chi connectivity index (χ2v) is 8.17. The van der Waals surface area contributed by atoms with E-state index in [1.165, 1.54) is 49.2 Å². The van der Waals surface area contributed by atoms with Crippen LogP contribution in [0.4, 0.5) is 0 Å². The van der Waals surface area contributed by atoms with Crippen molar-refractivity contribution in [3.05, 3.63) is 16.1 Å². The van der Waals surface area contributed by atoms with Crippen LogP contribution >= 0.6 is 11.3 Å². The molecule has 0 aliphatic heterocycles. The Morgan fingerprint density at radius 1 is 1.21 bits per heavy atom. The van der Waals surface area contributed by atoms with E-state index in [1.54, 1.807) is 0 Å². The molecule has 0 saturated heterocycles. The molecular weight excluding hydrogens is 252 g/mol. The highest BCUT2D eigenvalue weighted by Gasteiger charge is 2.52. The Hall–Kier alpha value is -0.410. The Bertz CT molecular complexity index is 444. The van der Waals surface area contributed by atoms with Crippen molar-refractivity contribution in [3.8, 4) is 0 Å². The van der Waals surface area contributed by atoms with E-state index < -0.39 is 0 Å². The molecule has 4 fully saturated rings. The van der Waals surface area contributed by atoms with E-state index >= 15 is 0 Å². The van der Waals surface area contributed by atoms with Crippen molar-refractivity contribution in [2.45, 2.75) is 56.9 Å². The van der Waals surface area contributed by atoms with Gasteiger partial charge in [0.15, 0.2) is 0 Å². The van der Waals surface area contributed by atoms with E-state index in [4.69, 9.17) is 4.98 Å². The number of nitrogens with one attached hydrogen (secondary N) is 1. The normalized spacial score (nSPS) is 41.7. The summed E-state index contributed by atoms with van der Waals surface area (Å²) < 4.78 is 0. The Balaban J connectivity index is 1.66. The minimum Gasteiger partial charge on any atom is -0.311 e. The zero-order valence-corrected chi connectivity index (χ0v) is 12.8. The van der Waals surface area contributed by atoms with Gasteiger partial charge in [-0.3, -0.25) is 0 Å². The summed E-state index contributed by atoms with van der Waals surface area (Å²) >= 11 is 1.86. The van der Waals surface area contributed by atoms with Gasteiger partial charge in [0.1, 0.15) is 5.01 Å². The van der Waals surface area contributed by atoms with Crippen LogP contribution in [0.25, 0.3) is 0 Å². The van der Waals surface area contributed by atoms with Gasteiger partial charge in [0.25, 0.3) is 0 Å². The predicted molar refractivity (Wildman–Crippen MR) is 79.4 cm³/mol. The molecule has 0 aromatic carbocycles. The first-order valence-corrected chi connectivity index (χ1v) is 8.69. The zero-order chi connectivity index (χ0) is 13.0. The Morgan fingerprint density at radius 3 is 2.32 bits per heavy atom. The number of thiazole rings is 1. The molecule has 1 unspecified atom stereocenters. The van der Waals surface area contributed by atoms with Crippen LogP contribution in [0.5, 0.6) is 0 Å². The summed E-state index contributed by atoms with van der Waals surface area (Å²) in [7, 11) is 2.02. The summed E-state index contributed by atoms with van der Waals surface area (Å²) in [6, 6.07) is 0.396. The number of nitrogens with zero attached hydrogens (tertiary/aromatic N) is 1. The van der Waals surface area contributed by atoms with Gasteiger partial charge in [-0.25, -0.2) is 4.98 Å². The molecular formula is C16H24N2S. The Labute approximate surface area is 120 Å². The van der Waals surface area contributed by atoms with Crippen molar-refractivity contribution in [1.29, 1.82) is 0 Å². The number of hydrogen-bond acceptors (Lipinski definition) is 3. The largest absolute Gasteiger partial charge is 0.311 e. The summed E-state index contributed by atoms with van der Waals surface area (Å²) in [5.74, 6) is 3.04. The third kappa shape index (κ3) is 1.89. The van der Waals surface area contributed by atoms with Gasteiger partial charge in [0.05, 0.1) is 11.7 Å². The van der Waals surface area contributed by atoms with Crippen molar-refractivity contribution in [3.63, 3.8) is 0 Å². The molecule has 2 nitrogen and oxygen atoms in total. The van der Waals surface area contributed by atoms with Crippen LogP contribution < -0.4 is 5.32 Å². The van der Waals surface area contributed by atoms with E-state index in [9.17, 15) is 0 Å². The fraction of sp³-hybridized carbons (Fsp3) is 0.812. The van der Waals surface area contributed by atoms with Crippen LogP contribution in [0.3, 0.4) is 0 Å². The van der Waals surface area contributed by atoms with Gasteiger partial charge in [0, 0.05) is 10.8 Å². The molecule has 5 rings (SSSR count). The second kappa shape index (κ2) is 4.29. The summed E-state index contributed by atoms with van der Waals surface area (Å²) in [4.78, 5) is 5.03. The van der Waals surface area contributed by atoms with Crippen molar-refractivity contribution >= 4 is 11.3 Å². The Kier molecular flexibility index (Phi) is 2.79. The minimum absolute atomic E-state index is 0.396. The standard InChI is InChI=1S/C16H24N2S/c1-10(17-2)15-18-14(9-19-15)16-6-11-3-12(7-16)5-13(4-11)8-16/h9-13,17H,3-8H2,1-2H3. The van der Waals surface area contributed by atoms with Crippen molar-refractivity contribution in [1.82, 2.24) is 10.3 Å². The van der Waals surface area contributed by atoms with Crippen LogP contribution in [-0.2, 0) is 5.41 Å². The minimum atomic E-state index is 0.396. The van der Waals surface area contributed by atoms with Gasteiger partial charge in [-0.2, -0.15) is 0 Å². The topological polar surface area (TPSA) is 24.9 Å². The highest BCUT2D eigenvalue weighted by Crippen LogP contribution is 2.60. The quantitative estimate of drug-likeness (QED) is 0.906. The summed E-state index contributed by atoms with van der Waals surface area (Å²) in [6.07, 6.45) is 8.83. The molecule has 1 heterocycles. The van der Waals surface area contributed by atoms with E-state index in [0.717, 1.165) is 17.8 Å². The molecule has 1 N–H and O–H groups in total. The molecule has 0 radical (unpaired) electrons. The SMILES string of the molecule is CNC(C)c1nc(C23CC4CC(CC(C4)C2)C3)cs1. The van der Waals surface area contributed by atoms with Crippen LogP contribution in [0.2, 0.25) is 0 Å². The first kappa shape index (κ1) is 12.3. The second-order valence-electron chi connectivity index (χ2n) is 7.28. The van der Waals surface area contributed by atoms with Gasteiger partial charge in [-0.1, -0.05) is 0 Å². The summed E-state index contributed by atoms with van der Waals surface area (Å²) in [5.41, 5.74) is 1.91. The lowest BCUT2D eigenvalue weighted by Crippen LogP contribution is -2.48. The third-order valence-electron chi connectivity index (χ3n) is 5.91. The van der Waals surface area contributed by atoms with Crippen LogP contribution in [0, 0.1) is 17.8 Å². The highest BCUT2D eigenvalue weighted by atomic mass is 32.1. The first-order valence-electron chi connectivity index (χ1n) is 7.82. The lowest BCUT2D eigenvalue weighted by Gasteiger charge is -2.56. The maximum atomic E-state index is 5.03. The van der Waals surface area contributed by atoms with Gasteiger partial charge in [-0.15, -0.1) is 11.3 Å². The Morgan fingerprint density at radius 2 is 1.79 bits per heavy atom. The van der Waals surface area contributed by atoms with Crippen LogP contribution in [0.1, 0.15) is 62.2 Å². The number of rotatable bonds is 3. The summed E-state index contributed by atoms with van der Waals surface area (Å²) in [6.45, 7) is 2.21.